The van der Waals surface area contributed by atoms with Crippen LogP contribution in [0.25, 0.3) is 0 Å². The predicted molar refractivity (Wildman–Crippen MR) is 42.4 cm³/mol. The van der Waals surface area contributed by atoms with Crippen molar-refractivity contribution in [3.63, 3.8) is 0 Å². The summed E-state index contributed by atoms with van der Waals surface area (Å²) in [6.07, 6.45) is 0. The van der Waals surface area contributed by atoms with Gasteiger partial charge >= 0.3 is 28.7 Å². The van der Waals surface area contributed by atoms with Gasteiger partial charge < -0.3 is 4.74 Å². The third kappa shape index (κ3) is 2.04. The van der Waals surface area contributed by atoms with Crippen molar-refractivity contribution in [2.24, 2.45) is 0 Å². The number of hydrogen-bond acceptors (Lipinski definition) is 1. The van der Waals surface area contributed by atoms with Gasteiger partial charge in [0.2, 0.25) is 0 Å². The second kappa shape index (κ2) is 4.02. The van der Waals surface area contributed by atoms with Crippen molar-refractivity contribution in [2.45, 2.75) is 0 Å². The Kier molecular flexibility index (Phi) is 3.54. The maximum atomic E-state index is 5.67. The van der Waals surface area contributed by atoms with Crippen molar-refractivity contribution in [3.8, 4) is 11.5 Å². The fourth-order valence-corrected chi connectivity index (χ4v) is 1.02. The molecule has 0 spiro atoms. The molecule has 1 aromatic carbocycles. The summed E-state index contributed by atoms with van der Waals surface area (Å²) < 4.78 is 4.93. The summed E-state index contributed by atoms with van der Waals surface area (Å²) >= 11 is 12.8. The number of fused-ring (bicyclic) bond motifs is 1. The molecule has 0 saturated heterocycles. The van der Waals surface area contributed by atoms with Gasteiger partial charge in [0.25, 0.3) is 0 Å². The van der Waals surface area contributed by atoms with Crippen LogP contribution in [0.2, 0.25) is 10.0 Å². The van der Waals surface area contributed by atoms with Gasteiger partial charge in [0.1, 0.15) is 5.02 Å². The van der Waals surface area contributed by atoms with Crippen LogP contribution < -0.4 is 4.74 Å². The van der Waals surface area contributed by atoms with Gasteiger partial charge in [-0.15, -0.1) is 0 Å². The van der Waals surface area contributed by atoms with Gasteiger partial charge in [-0.1, -0.05) is 23.2 Å². The third-order valence-electron chi connectivity index (χ3n) is 1.18. The summed E-state index contributed by atoms with van der Waals surface area (Å²) in [5, 5.41) is 1.07. The zero-order chi connectivity index (χ0) is 8.43. The van der Waals surface area contributed by atoms with Crippen LogP contribution in [0.15, 0.2) is 12.1 Å². The SMILES string of the molecule is Clc1ccc2c(c1Cl)O2.[Cl][Ti]. The van der Waals surface area contributed by atoms with Gasteiger partial charge in [-0.25, -0.2) is 0 Å². The van der Waals surface area contributed by atoms with E-state index in [-0.39, 0.29) is 0 Å². The Balaban J connectivity index is 0.000000281. The van der Waals surface area contributed by atoms with E-state index < -0.39 is 0 Å². The van der Waals surface area contributed by atoms with E-state index >= 15 is 0 Å². The second-order valence-corrected chi connectivity index (χ2v) is 2.58. The van der Waals surface area contributed by atoms with E-state index in [1.807, 2.05) is 0 Å². The summed E-state index contributed by atoms with van der Waals surface area (Å²) in [6.45, 7) is 0. The molecule has 0 unspecified atom stereocenters. The molecule has 0 amide bonds. The molecule has 57 valence electrons. The molecule has 11 heavy (non-hydrogen) atoms. The molecule has 0 saturated carbocycles. The molecule has 0 atom stereocenters. The average Bonchev–Trinajstić information content (AvgIpc) is 2.81. The Labute approximate surface area is 89.9 Å². The van der Waals surface area contributed by atoms with Gasteiger partial charge in [-0.3, -0.25) is 0 Å². The molecule has 0 bridgehead atoms. The van der Waals surface area contributed by atoms with Gasteiger partial charge in [0.15, 0.2) is 11.5 Å². The van der Waals surface area contributed by atoms with Crippen LogP contribution >= 0.6 is 32.5 Å². The van der Waals surface area contributed by atoms with E-state index in [1.165, 1.54) is 19.4 Å². The number of rotatable bonds is 0. The summed E-state index contributed by atoms with van der Waals surface area (Å²) in [4.78, 5) is 0. The van der Waals surface area contributed by atoms with E-state index in [4.69, 9.17) is 27.9 Å². The van der Waals surface area contributed by atoms with Crippen LogP contribution in [-0.4, -0.2) is 0 Å². The van der Waals surface area contributed by atoms with Crippen molar-refractivity contribution in [1.82, 2.24) is 0 Å². The minimum atomic E-state index is 0.522. The van der Waals surface area contributed by atoms with E-state index in [2.05, 4.69) is 9.30 Å². The molecule has 2 rings (SSSR count). The monoisotopic (exact) mass is 243 g/mol. The Morgan fingerprint density at radius 3 is 2.36 bits per heavy atom. The summed E-state index contributed by atoms with van der Waals surface area (Å²) in [5.41, 5.74) is 0. The number of ether oxygens (including phenoxy) is 1. The Hall–Kier alpha value is 0.604. The standard InChI is InChI=1S/C6H2Cl2O.ClH.Ti/c7-3-1-2-4-6(9-4)5(3)8;;/h1-2H;1H;/q;;+1/p-1. The quantitative estimate of drug-likeness (QED) is 0.507. The first kappa shape index (κ1) is 9.69. The van der Waals surface area contributed by atoms with E-state index in [1.54, 1.807) is 12.1 Å². The molecule has 0 fully saturated rings. The van der Waals surface area contributed by atoms with E-state index in [0.717, 1.165) is 11.5 Å². The van der Waals surface area contributed by atoms with Crippen LogP contribution in [-0.2, 0) is 19.4 Å². The van der Waals surface area contributed by atoms with Crippen molar-refractivity contribution < 1.29 is 24.1 Å². The van der Waals surface area contributed by atoms with Crippen LogP contribution in [0, 0.1) is 0 Å². The van der Waals surface area contributed by atoms with Crippen LogP contribution in [0.4, 0.5) is 0 Å². The van der Waals surface area contributed by atoms with E-state index in [9.17, 15) is 0 Å². The first-order valence-electron chi connectivity index (χ1n) is 2.64. The molecule has 1 heterocycles. The topological polar surface area (TPSA) is 12.5 Å². The summed E-state index contributed by atoms with van der Waals surface area (Å²) in [7, 11) is 4.64. The molecule has 1 aliphatic heterocycles. The molecule has 1 aromatic rings. The number of halogens is 3. The molecular weight excluding hydrogens is 242 g/mol. The van der Waals surface area contributed by atoms with Crippen molar-refractivity contribution in [3.05, 3.63) is 22.2 Å². The second-order valence-electron chi connectivity index (χ2n) is 1.79. The van der Waals surface area contributed by atoms with Crippen molar-refractivity contribution in [2.75, 3.05) is 0 Å². The van der Waals surface area contributed by atoms with Gasteiger partial charge in [-0.05, 0) is 12.1 Å². The Morgan fingerprint density at radius 1 is 1.18 bits per heavy atom. The fourth-order valence-electron chi connectivity index (χ4n) is 0.678. The summed E-state index contributed by atoms with van der Waals surface area (Å²) in [6, 6.07) is 3.51. The Morgan fingerprint density at radius 2 is 1.82 bits per heavy atom. The molecule has 5 heteroatoms. The van der Waals surface area contributed by atoms with Crippen LogP contribution in [0.3, 0.4) is 0 Å². The number of hydrogen-bond donors (Lipinski definition) is 0. The molecule has 1 aliphatic rings. The first-order chi connectivity index (χ1) is 5.29. The van der Waals surface area contributed by atoms with Crippen molar-refractivity contribution >= 4 is 32.5 Å². The van der Waals surface area contributed by atoms with Gasteiger partial charge in [-0.2, -0.15) is 0 Å². The Bertz CT molecular complexity index is 273. The molecule has 0 radical (unpaired) electrons. The fraction of sp³-hybridized carbons (Fsp3) is 0. The van der Waals surface area contributed by atoms with Crippen LogP contribution in [0.5, 0.6) is 11.5 Å². The summed E-state index contributed by atoms with van der Waals surface area (Å²) in [5.74, 6) is 1.56. The molecule has 0 aliphatic carbocycles. The first-order valence-corrected chi connectivity index (χ1v) is 5.54. The van der Waals surface area contributed by atoms with Gasteiger partial charge in [0, 0.05) is 0 Å². The van der Waals surface area contributed by atoms with Gasteiger partial charge in [0.05, 0.1) is 5.02 Å². The van der Waals surface area contributed by atoms with E-state index in [0.29, 0.717) is 10.0 Å². The maximum absolute atomic E-state index is 5.67. The zero-order valence-electron chi connectivity index (χ0n) is 5.20. The predicted octanol–water partition coefficient (Wildman–Crippen LogP) is 3.79. The molecule has 0 N–H and O–H groups in total. The van der Waals surface area contributed by atoms with Crippen molar-refractivity contribution in [1.29, 1.82) is 0 Å². The van der Waals surface area contributed by atoms with Crippen LogP contribution in [0.1, 0.15) is 0 Å². The molecular formula is C6H2Cl3OTi. The number of benzene rings is 1. The molecule has 1 nitrogen and oxygen atoms in total. The zero-order valence-corrected chi connectivity index (χ0v) is 9.03. The average molecular weight is 244 g/mol. The third-order valence-corrected chi connectivity index (χ3v) is 1.97. The minimum absolute atomic E-state index is 0.522. The molecule has 0 aromatic heterocycles. The normalized spacial score (nSPS) is 10.4.